The van der Waals surface area contributed by atoms with Gasteiger partial charge in [0.05, 0.1) is 11.0 Å². The maximum Gasteiger partial charge on any atom is 0.276 e. The fourth-order valence-corrected chi connectivity index (χ4v) is 1.56. The molecule has 0 spiro atoms. The summed E-state index contributed by atoms with van der Waals surface area (Å²) in [5.74, 6) is 0.869. The van der Waals surface area contributed by atoms with Crippen molar-refractivity contribution in [2.45, 2.75) is 12.8 Å². The van der Waals surface area contributed by atoms with E-state index in [4.69, 9.17) is 9.47 Å². The minimum atomic E-state index is -0.484. The van der Waals surface area contributed by atoms with Gasteiger partial charge in [-0.2, -0.15) is 0 Å². The number of nitro groups is 1. The van der Waals surface area contributed by atoms with Gasteiger partial charge < -0.3 is 14.3 Å². The van der Waals surface area contributed by atoms with Gasteiger partial charge in [-0.25, -0.2) is 0 Å². The number of benzene rings is 1. The number of aldehydes is 1. The number of hydrogen-bond donors (Lipinski definition) is 0. The van der Waals surface area contributed by atoms with Crippen molar-refractivity contribution in [3.05, 3.63) is 27.8 Å². The van der Waals surface area contributed by atoms with Crippen molar-refractivity contribution in [3.8, 4) is 11.5 Å². The second-order valence-corrected chi connectivity index (χ2v) is 3.30. The Bertz CT molecular complexity index is 443. The third kappa shape index (κ3) is 1.81. The van der Waals surface area contributed by atoms with E-state index in [0.29, 0.717) is 23.5 Å². The number of nitrogens with zero attached hydrogens (tertiary/aromatic N) is 1. The lowest BCUT2D eigenvalue weighted by Gasteiger charge is -2.02. The number of rotatable bonds is 4. The van der Waals surface area contributed by atoms with Crippen LogP contribution in [0.15, 0.2) is 12.1 Å². The number of fused-ring (bicyclic) bond motifs is 1. The van der Waals surface area contributed by atoms with Gasteiger partial charge in [0.25, 0.3) is 5.69 Å². The molecule has 0 amide bonds. The number of hydrogen-bond acceptors (Lipinski definition) is 5. The summed E-state index contributed by atoms with van der Waals surface area (Å²) in [6, 6.07) is 2.90. The molecular formula is C10H9NO5. The number of nitro benzene ring substituents is 1. The standard InChI is InChI=1S/C10H9NO5/c12-3-1-2-7-4-9-10(16-6-15-9)5-8(7)11(13)14/h3-5H,1-2,6H2. The van der Waals surface area contributed by atoms with E-state index >= 15 is 0 Å². The summed E-state index contributed by atoms with van der Waals surface area (Å²) in [6.07, 6.45) is 1.31. The summed E-state index contributed by atoms with van der Waals surface area (Å²) in [5.41, 5.74) is 0.451. The summed E-state index contributed by atoms with van der Waals surface area (Å²) in [6.45, 7) is 0.0730. The zero-order valence-electron chi connectivity index (χ0n) is 8.34. The molecule has 0 N–H and O–H groups in total. The van der Waals surface area contributed by atoms with Gasteiger partial charge in [0.15, 0.2) is 11.5 Å². The van der Waals surface area contributed by atoms with Crippen LogP contribution in [0, 0.1) is 10.1 Å². The van der Waals surface area contributed by atoms with Crippen LogP contribution in [-0.4, -0.2) is 18.0 Å². The third-order valence-electron chi connectivity index (χ3n) is 2.30. The molecule has 16 heavy (non-hydrogen) atoms. The molecule has 0 fully saturated rings. The van der Waals surface area contributed by atoms with Crippen LogP contribution in [0.25, 0.3) is 0 Å². The van der Waals surface area contributed by atoms with Crippen molar-refractivity contribution in [3.63, 3.8) is 0 Å². The molecule has 1 aromatic rings. The van der Waals surface area contributed by atoms with Crippen LogP contribution in [0.2, 0.25) is 0 Å². The molecule has 6 nitrogen and oxygen atoms in total. The molecule has 0 saturated carbocycles. The van der Waals surface area contributed by atoms with Gasteiger partial charge >= 0.3 is 0 Å². The molecule has 84 valence electrons. The Morgan fingerprint density at radius 2 is 2.06 bits per heavy atom. The highest BCUT2D eigenvalue weighted by Crippen LogP contribution is 2.38. The van der Waals surface area contributed by atoms with Crippen molar-refractivity contribution in [1.82, 2.24) is 0 Å². The summed E-state index contributed by atoms with van der Waals surface area (Å²) in [4.78, 5) is 20.6. The fraction of sp³-hybridized carbons (Fsp3) is 0.300. The zero-order chi connectivity index (χ0) is 11.5. The summed E-state index contributed by atoms with van der Waals surface area (Å²) in [7, 11) is 0. The maximum atomic E-state index is 10.8. The number of aryl methyl sites for hydroxylation is 1. The summed E-state index contributed by atoms with van der Waals surface area (Å²) in [5, 5.41) is 10.8. The summed E-state index contributed by atoms with van der Waals surface area (Å²) >= 11 is 0. The Balaban J connectivity index is 2.40. The zero-order valence-corrected chi connectivity index (χ0v) is 8.34. The van der Waals surface area contributed by atoms with E-state index in [9.17, 15) is 14.9 Å². The quantitative estimate of drug-likeness (QED) is 0.438. The normalized spacial score (nSPS) is 12.5. The van der Waals surface area contributed by atoms with Crippen LogP contribution in [0.1, 0.15) is 12.0 Å². The molecule has 1 heterocycles. The molecule has 0 aliphatic carbocycles. The van der Waals surface area contributed by atoms with Crippen LogP contribution in [0.5, 0.6) is 11.5 Å². The Kier molecular flexibility index (Phi) is 2.72. The van der Waals surface area contributed by atoms with Crippen LogP contribution in [-0.2, 0) is 11.2 Å². The molecule has 0 unspecified atom stereocenters. The van der Waals surface area contributed by atoms with Gasteiger partial charge in [0.2, 0.25) is 6.79 Å². The predicted octanol–water partition coefficient (Wildman–Crippen LogP) is 1.45. The summed E-state index contributed by atoms with van der Waals surface area (Å²) < 4.78 is 10.2. The Hall–Kier alpha value is -2.11. The molecule has 1 aromatic carbocycles. The van der Waals surface area contributed by atoms with Crippen molar-refractivity contribution in [2.24, 2.45) is 0 Å². The van der Waals surface area contributed by atoms with E-state index in [1.165, 1.54) is 6.07 Å². The lowest BCUT2D eigenvalue weighted by atomic mass is 10.1. The molecule has 6 heteroatoms. The van der Waals surface area contributed by atoms with Gasteiger partial charge in [-0.15, -0.1) is 0 Å². The predicted molar refractivity (Wildman–Crippen MR) is 53.6 cm³/mol. The molecule has 0 bridgehead atoms. The van der Waals surface area contributed by atoms with Gasteiger partial charge in [-0.1, -0.05) is 0 Å². The number of carbonyl (C=O) groups excluding carboxylic acids is 1. The number of carbonyl (C=O) groups is 1. The van der Waals surface area contributed by atoms with Gasteiger partial charge in [0.1, 0.15) is 6.29 Å². The highest BCUT2D eigenvalue weighted by atomic mass is 16.7. The average Bonchev–Trinajstić information content (AvgIpc) is 2.71. The minimum absolute atomic E-state index is 0.0360. The van der Waals surface area contributed by atoms with Gasteiger partial charge in [-0.05, 0) is 12.5 Å². The monoisotopic (exact) mass is 223 g/mol. The maximum absolute atomic E-state index is 10.8. The van der Waals surface area contributed by atoms with Crippen molar-refractivity contribution in [2.75, 3.05) is 6.79 Å². The molecule has 0 radical (unpaired) electrons. The van der Waals surface area contributed by atoms with Crippen molar-refractivity contribution in [1.29, 1.82) is 0 Å². The Morgan fingerprint density at radius 1 is 1.38 bits per heavy atom. The largest absolute Gasteiger partial charge is 0.454 e. The Morgan fingerprint density at radius 3 is 2.69 bits per heavy atom. The van der Waals surface area contributed by atoms with Gasteiger partial charge in [0, 0.05) is 12.0 Å². The van der Waals surface area contributed by atoms with E-state index in [2.05, 4.69) is 0 Å². The smallest absolute Gasteiger partial charge is 0.276 e. The lowest BCUT2D eigenvalue weighted by molar-refractivity contribution is -0.385. The molecule has 0 aromatic heterocycles. The van der Waals surface area contributed by atoms with Crippen LogP contribution < -0.4 is 9.47 Å². The first-order valence-corrected chi connectivity index (χ1v) is 4.73. The van der Waals surface area contributed by atoms with E-state index in [1.807, 2.05) is 0 Å². The van der Waals surface area contributed by atoms with E-state index in [0.717, 1.165) is 6.29 Å². The first-order valence-electron chi connectivity index (χ1n) is 4.73. The van der Waals surface area contributed by atoms with Crippen molar-refractivity contribution >= 4 is 12.0 Å². The fourth-order valence-electron chi connectivity index (χ4n) is 1.56. The van der Waals surface area contributed by atoms with Crippen LogP contribution >= 0.6 is 0 Å². The van der Waals surface area contributed by atoms with Gasteiger partial charge in [-0.3, -0.25) is 10.1 Å². The minimum Gasteiger partial charge on any atom is -0.454 e. The van der Waals surface area contributed by atoms with Crippen molar-refractivity contribution < 1.29 is 19.2 Å². The van der Waals surface area contributed by atoms with E-state index in [1.54, 1.807) is 6.07 Å². The van der Waals surface area contributed by atoms with Crippen LogP contribution in [0.4, 0.5) is 5.69 Å². The average molecular weight is 223 g/mol. The first-order chi connectivity index (χ1) is 7.72. The molecule has 0 atom stereocenters. The second kappa shape index (κ2) is 4.18. The van der Waals surface area contributed by atoms with E-state index in [-0.39, 0.29) is 18.9 Å². The van der Waals surface area contributed by atoms with Crippen LogP contribution in [0.3, 0.4) is 0 Å². The number of ether oxygens (including phenoxy) is 2. The molecular weight excluding hydrogens is 214 g/mol. The molecule has 0 saturated heterocycles. The highest BCUT2D eigenvalue weighted by Gasteiger charge is 2.22. The lowest BCUT2D eigenvalue weighted by Crippen LogP contribution is -1.96. The highest BCUT2D eigenvalue weighted by molar-refractivity contribution is 5.57. The van der Waals surface area contributed by atoms with E-state index < -0.39 is 4.92 Å². The molecule has 1 aliphatic heterocycles. The first kappa shape index (κ1) is 10.4. The molecule has 2 rings (SSSR count). The second-order valence-electron chi connectivity index (χ2n) is 3.30. The molecule has 1 aliphatic rings. The Labute approximate surface area is 90.9 Å². The topological polar surface area (TPSA) is 78.7 Å². The third-order valence-corrected chi connectivity index (χ3v) is 2.30. The SMILES string of the molecule is O=CCCc1cc2c(cc1[N+](=O)[O-])OCO2.